The standard InChI is InChI=1S/C11H13O3P.C10H14/c1-7-4-8(2)10(9(3)5-7)11(13)15(14)6-12;1-7-5-8(2)10(4)9(3)6-7/h4-6,14H,1-3H3;5-6H,1-4H3. The minimum Gasteiger partial charge on any atom is -0.360 e. The second-order valence-electron chi connectivity index (χ2n) is 6.55. The Morgan fingerprint density at radius 3 is 1.52 bits per heavy atom. The van der Waals surface area contributed by atoms with E-state index in [0.29, 0.717) is 11.6 Å². The van der Waals surface area contributed by atoms with Crippen molar-refractivity contribution < 1.29 is 14.5 Å². The highest BCUT2D eigenvalue weighted by molar-refractivity contribution is 7.83. The molecule has 2 aromatic carbocycles. The highest BCUT2D eigenvalue weighted by Gasteiger charge is 2.20. The van der Waals surface area contributed by atoms with Crippen molar-refractivity contribution in [3.05, 3.63) is 68.8 Å². The van der Waals surface area contributed by atoms with Gasteiger partial charge in [-0.3, -0.25) is 9.59 Å². The molecule has 134 valence electrons. The molecule has 0 amide bonds. The monoisotopic (exact) mass is 358 g/mol. The molecule has 0 fully saturated rings. The van der Waals surface area contributed by atoms with Gasteiger partial charge in [-0.25, -0.2) is 0 Å². The van der Waals surface area contributed by atoms with Gasteiger partial charge in [-0.1, -0.05) is 35.4 Å². The van der Waals surface area contributed by atoms with Crippen molar-refractivity contribution in [1.29, 1.82) is 0 Å². The van der Waals surface area contributed by atoms with E-state index in [9.17, 15) is 14.5 Å². The molecule has 0 bridgehead atoms. The lowest BCUT2D eigenvalue weighted by atomic mass is 10.0. The van der Waals surface area contributed by atoms with Gasteiger partial charge in [0.15, 0.2) is 14.2 Å². The summed E-state index contributed by atoms with van der Waals surface area (Å²) in [5.74, 6) is 0. The van der Waals surface area contributed by atoms with Crippen LogP contribution in [0.4, 0.5) is 0 Å². The van der Waals surface area contributed by atoms with Gasteiger partial charge < -0.3 is 4.89 Å². The van der Waals surface area contributed by atoms with Gasteiger partial charge in [-0.2, -0.15) is 0 Å². The summed E-state index contributed by atoms with van der Waals surface area (Å²) >= 11 is 0. The molecule has 25 heavy (non-hydrogen) atoms. The molecule has 2 rings (SSSR count). The van der Waals surface area contributed by atoms with Crippen LogP contribution in [0.2, 0.25) is 0 Å². The minimum atomic E-state index is -2.18. The van der Waals surface area contributed by atoms with Gasteiger partial charge in [0, 0.05) is 5.56 Å². The fourth-order valence-electron chi connectivity index (χ4n) is 2.93. The Hall–Kier alpha value is -1.83. The number of hydrogen-bond acceptors (Lipinski definition) is 3. The van der Waals surface area contributed by atoms with Crippen LogP contribution in [-0.4, -0.2) is 16.4 Å². The molecule has 1 atom stereocenters. The molecular formula is C21H27O3P. The first kappa shape index (κ1) is 21.2. The summed E-state index contributed by atoms with van der Waals surface area (Å²) in [7, 11) is -2.18. The summed E-state index contributed by atoms with van der Waals surface area (Å²) in [5, 5.41) is 0. The Balaban J connectivity index is 0.000000271. The van der Waals surface area contributed by atoms with Crippen LogP contribution >= 0.6 is 8.15 Å². The number of rotatable bonds is 3. The van der Waals surface area contributed by atoms with Crippen molar-refractivity contribution in [2.24, 2.45) is 0 Å². The van der Waals surface area contributed by atoms with Crippen molar-refractivity contribution >= 4 is 19.7 Å². The molecular weight excluding hydrogens is 331 g/mol. The van der Waals surface area contributed by atoms with Gasteiger partial charge in [0.05, 0.1) is 0 Å². The van der Waals surface area contributed by atoms with Crippen molar-refractivity contribution in [2.45, 2.75) is 48.5 Å². The molecule has 1 N–H and O–H groups in total. The van der Waals surface area contributed by atoms with E-state index in [1.807, 2.05) is 19.1 Å². The Kier molecular flexibility index (Phi) is 7.66. The van der Waals surface area contributed by atoms with Crippen LogP contribution in [-0.2, 0) is 4.79 Å². The van der Waals surface area contributed by atoms with E-state index < -0.39 is 13.7 Å². The molecule has 0 aromatic heterocycles. The first-order valence-electron chi connectivity index (χ1n) is 8.18. The normalized spacial score (nSPS) is 11.4. The Morgan fingerprint density at radius 1 is 0.800 bits per heavy atom. The second-order valence-corrected chi connectivity index (χ2v) is 7.86. The van der Waals surface area contributed by atoms with Crippen LogP contribution in [0.15, 0.2) is 24.3 Å². The highest BCUT2D eigenvalue weighted by atomic mass is 31.1. The van der Waals surface area contributed by atoms with Gasteiger partial charge in [0.1, 0.15) is 0 Å². The van der Waals surface area contributed by atoms with Crippen LogP contribution in [0.3, 0.4) is 0 Å². The number of carbonyl (C=O) groups excluding carboxylic acids is 2. The first-order valence-corrected chi connectivity index (χ1v) is 9.54. The third kappa shape index (κ3) is 5.59. The van der Waals surface area contributed by atoms with Crippen molar-refractivity contribution in [2.75, 3.05) is 0 Å². The largest absolute Gasteiger partial charge is 0.360 e. The smallest absolute Gasteiger partial charge is 0.219 e. The van der Waals surface area contributed by atoms with E-state index in [4.69, 9.17) is 0 Å². The van der Waals surface area contributed by atoms with Crippen molar-refractivity contribution in [1.82, 2.24) is 0 Å². The number of aryl methyl sites for hydroxylation is 6. The lowest BCUT2D eigenvalue weighted by Crippen LogP contribution is -2.03. The van der Waals surface area contributed by atoms with Crippen LogP contribution in [0.25, 0.3) is 0 Å². The van der Waals surface area contributed by atoms with Gasteiger partial charge >= 0.3 is 0 Å². The summed E-state index contributed by atoms with van der Waals surface area (Å²) in [6.07, 6.45) is 0. The summed E-state index contributed by atoms with van der Waals surface area (Å²) in [4.78, 5) is 31.3. The molecule has 0 aliphatic rings. The number of carbonyl (C=O) groups is 2. The zero-order chi connectivity index (χ0) is 19.3. The molecule has 1 unspecified atom stereocenters. The zero-order valence-electron chi connectivity index (χ0n) is 16.1. The lowest BCUT2D eigenvalue weighted by Gasteiger charge is -2.10. The molecule has 0 saturated heterocycles. The fraction of sp³-hybridized carbons (Fsp3) is 0.333. The molecule has 0 saturated carbocycles. The fourth-order valence-corrected chi connectivity index (χ4v) is 3.61. The maximum atomic E-state index is 11.7. The molecule has 0 aliphatic carbocycles. The van der Waals surface area contributed by atoms with Gasteiger partial charge in [-0.05, 0) is 76.3 Å². The zero-order valence-corrected chi connectivity index (χ0v) is 17.0. The van der Waals surface area contributed by atoms with Crippen LogP contribution < -0.4 is 0 Å². The molecule has 0 heterocycles. The highest BCUT2D eigenvalue weighted by Crippen LogP contribution is 2.33. The van der Waals surface area contributed by atoms with Gasteiger partial charge in [0.2, 0.25) is 5.52 Å². The van der Waals surface area contributed by atoms with E-state index in [-0.39, 0.29) is 0 Å². The predicted molar refractivity (Wildman–Crippen MR) is 106 cm³/mol. The van der Waals surface area contributed by atoms with Crippen LogP contribution in [0, 0.1) is 48.5 Å². The van der Waals surface area contributed by atoms with Gasteiger partial charge in [-0.15, -0.1) is 0 Å². The number of benzene rings is 2. The van der Waals surface area contributed by atoms with Crippen LogP contribution in [0.1, 0.15) is 49.3 Å². The molecule has 0 radical (unpaired) electrons. The Bertz CT molecular complexity index is 748. The van der Waals surface area contributed by atoms with Gasteiger partial charge in [0.25, 0.3) is 0 Å². The van der Waals surface area contributed by atoms with E-state index in [1.54, 1.807) is 13.8 Å². The summed E-state index contributed by atoms with van der Waals surface area (Å²) in [6.45, 7) is 14.2. The summed E-state index contributed by atoms with van der Waals surface area (Å²) in [6, 6.07) is 8.50. The Labute approximate surface area is 151 Å². The maximum absolute atomic E-state index is 11.7. The van der Waals surface area contributed by atoms with Crippen molar-refractivity contribution in [3.8, 4) is 0 Å². The average Bonchev–Trinajstić information content (AvgIpc) is 2.51. The summed E-state index contributed by atoms with van der Waals surface area (Å²) < 4.78 is 0. The Morgan fingerprint density at radius 2 is 1.16 bits per heavy atom. The lowest BCUT2D eigenvalue weighted by molar-refractivity contribution is 0.107. The summed E-state index contributed by atoms with van der Waals surface area (Å²) in [5.41, 5.74) is 8.27. The van der Waals surface area contributed by atoms with E-state index in [0.717, 1.165) is 16.7 Å². The van der Waals surface area contributed by atoms with E-state index >= 15 is 0 Å². The second kappa shape index (κ2) is 9.03. The molecule has 2 aromatic rings. The van der Waals surface area contributed by atoms with Crippen molar-refractivity contribution in [3.63, 3.8) is 0 Å². The molecule has 0 aliphatic heterocycles. The SMILES string of the molecule is Cc1cc(C)c(C(=O)P(O)C=O)c(C)c1.Cc1cc(C)c(C)c(C)c1. The van der Waals surface area contributed by atoms with E-state index in [2.05, 4.69) is 39.8 Å². The van der Waals surface area contributed by atoms with Crippen LogP contribution in [0.5, 0.6) is 0 Å². The maximum Gasteiger partial charge on any atom is 0.219 e. The number of hydrogen-bond donors (Lipinski definition) is 1. The molecule has 0 spiro atoms. The quantitative estimate of drug-likeness (QED) is 0.602. The van der Waals surface area contributed by atoms with E-state index in [1.165, 1.54) is 22.3 Å². The topological polar surface area (TPSA) is 54.4 Å². The minimum absolute atomic E-state index is 0.316. The molecule has 3 nitrogen and oxygen atoms in total. The molecule has 4 heteroatoms. The third-order valence-electron chi connectivity index (χ3n) is 4.27. The first-order chi connectivity index (χ1) is 11.6. The third-order valence-corrected chi connectivity index (χ3v) is 5.11. The predicted octanol–water partition coefficient (Wildman–Crippen LogP) is 5.25. The average molecular weight is 358 g/mol.